The highest BCUT2D eigenvalue weighted by atomic mass is 16.4. The molecule has 0 aliphatic carbocycles. The molecule has 110 valence electrons. The average molecular weight is 272 g/mol. The molecule has 0 aromatic heterocycles. The van der Waals surface area contributed by atoms with Gasteiger partial charge >= 0.3 is 5.97 Å². The van der Waals surface area contributed by atoms with Crippen LogP contribution in [0.4, 0.5) is 0 Å². The maximum absolute atomic E-state index is 11.9. The highest BCUT2D eigenvalue weighted by Crippen LogP contribution is 2.05. The summed E-state index contributed by atoms with van der Waals surface area (Å²) in [6.45, 7) is 4.86. The summed E-state index contributed by atoms with van der Waals surface area (Å²) in [6.07, 6.45) is -0.306. The Morgan fingerprint density at radius 1 is 1.26 bits per heavy atom. The molecule has 0 radical (unpaired) electrons. The molecule has 1 rings (SSSR count). The van der Waals surface area contributed by atoms with Crippen molar-refractivity contribution >= 4 is 11.9 Å². The van der Waals surface area contributed by atoms with Crippen LogP contribution >= 0.6 is 0 Å². The molecule has 7 nitrogen and oxygen atoms in total. The highest BCUT2D eigenvalue weighted by molar-refractivity contribution is 5.86. The number of aliphatic carboxylic acids is 1. The maximum atomic E-state index is 11.9. The number of carbonyl (C=O) groups excluding carboxylic acids is 1. The van der Waals surface area contributed by atoms with E-state index in [2.05, 4.69) is 9.80 Å². The number of nitrogens with zero attached hydrogens (tertiary/aromatic N) is 3. The number of likely N-dealkylation sites (N-methyl/N-ethyl adjacent to an activating group) is 1. The molecule has 3 N–H and O–H groups in total. The van der Waals surface area contributed by atoms with Crippen LogP contribution in [0.2, 0.25) is 0 Å². The van der Waals surface area contributed by atoms with Crippen molar-refractivity contribution in [3.63, 3.8) is 0 Å². The Morgan fingerprint density at radius 2 is 1.84 bits per heavy atom. The minimum absolute atomic E-state index is 0.255. The van der Waals surface area contributed by atoms with Crippen LogP contribution in [0.25, 0.3) is 0 Å². The number of carboxylic acids is 1. The van der Waals surface area contributed by atoms with E-state index in [1.807, 2.05) is 14.1 Å². The van der Waals surface area contributed by atoms with Crippen molar-refractivity contribution in [2.45, 2.75) is 12.5 Å². The molecule has 1 amide bonds. The van der Waals surface area contributed by atoms with Crippen LogP contribution in [-0.4, -0.2) is 91.1 Å². The lowest BCUT2D eigenvalue weighted by atomic mass is 10.1. The van der Waals surface area contributed by atoms with Gasteiger partial charge in [-0.05, 0) is 14.1 Å². The SMILES string of the molecule is CN(C)CCN1CCN(C(=O)C(N)CC(=O)O)CC1. The van der Waals surface area contributed by atoms with Crippen LogP contribution in [0.15, 0.2) is 0 Å². The molecular formula is C12H24N4O3. The standard InChI is InChI=1S/C12H24N4O3/c1-14(2)3-4-15-5-7-16(8-6-15)12(19)10(13)9-11(17)18/h10H,3-9,13H2,1-2H3,(H,17,18). The van der Waals surface area contributed by atoms with Gasteiger partial charge in [0.1, 0.15) is 0 Å². The van der Waals surface area contributed by atoms with Crippen molar-refractivity contribution in [2.24, 2.45) is 5.73 Å². The molecule has 7 heteroatoms. The third-order valence-electron chi connectivity index (χ3n) is 3.26. The average Bonchev–Trinajstić information content (AvgIpc) is 2.35. The van der Waals surface area contributed by atoms with E-state index in [0.29, 0.717) is 13.1 Å². The van der Waals surface area contributed by atoms with E-state index in [4.69, 9.17) is 10.8 Å². The van der Waals surface area contributed by atoms with Crippen molar-refractivity contribution in [1.82, 2.24) is 14.7 Å². The molecule has 19 heavy (non-hydrogen) atoms. The molecule has 1 fully saturated rings. The summed E-state index contributed by atoms with van der Waals surface area (Å²) in [6, 6.07) is -0.925. The molecule has 1 atom stereocenters. The van der Waals surface area contributed by atoms with Crippen LogP contribution in [-0.2, 0) is 9.59 Å². The van der Waals surface area contributed by atoms with Gasteiger partial charge in [0.05, 0.1) is 12.5 Å². The van der Waals surface area contributed by atoms with Gasteiger partial charge in [0.15, 0.2) is 0 Å². The number of piperazine rings is 1. The lowest BCUT2D eigenvalue weighted by Gasteiger charge is -2.36. The maximum Gasteiger partial charge on any atom is 0.305 e. The fourth-order valence-electron chi connectivity index (χ4n) is 2.04. The zero-order valence-electron chi connectivity index (χ0n) is 11.7. The van der Waals surface area contributed by atoms with Crippen molar-refractivity contribution < 1.29 is 14.7 Å². The number of hydrogen-bond acceptors (Lipinski definition) is 5. The normalized spacial score (nSPS) is 18.6. The van der Waals surface area contributed by atoms with Crippen molar-refractivity contribution in [2.75, 3.05) is 53.4 Å². The second-order valence-electron chi connectivity index (χ2n) is 5.17. The zero-order chi connectivity index (χ0) is 14.4. The van der Waals surface area contributed by atoms with E-state index in [0.717, 1.165) is 26.2 Å². The van der Waals surface area contributed by atoms with E-state index in [1.54, 1.807) is 4.90 Å². The molecule has 0 bridgehead atoms. The van der Waals surface area contributed by atoms with Gasteiger partial charge in [-0.3, -0.25) is 14.5 Å². The molecule has 1 aliphatic heterocycles. The topological polar surface area (TPSA) is 90.1 Å². The van der Waals surface area contributed by atoms with Gasteiger partial charge in [0, 0.05) is 39.3 Å². The fourth-order valence-corrected chi connectivity index (χ4v) is 2.04. The number of carbonyl (C=O) groups is 2. The van der Waals surface area contributed by atoms with E-state index in [1.165, 1.54) is 0 Å². The summed E-state index contributed by atoms with van der Waals surface area (Å²) in [7, 11) is 4.06. The molecule has 1 heterocycles. The second kappa shape index (κ2) is 7.42. The van der Waals surface area contributed by atoms with Gasteiger partial charge in [-0.1, -0.05) is 0 Å². The number of hydrogen-bond donors (Lipinski definition) is 2. The minimum atomic E-state index is -1.04. The van der Waals surface area contributed by atoms with Crippen LogP contribution in [0, 0.1) is 0 Å². The molecule has 0 aromatic carbocycles. The predicted molar refractivity (Wildman–Crippen MR) is 71.8 cm³/mol. The minimum Gasteiger partial charge on any atom is -0.481 e. The Morgan fingerprint density at radius 3 is 2.32 bits per heavy atom. The Hall–Kier alpha value is -1.18. The molecule has 1 saturated heterocycles. The molecule has 1 unspecified atom stereocenters. The number of nitrogens with two attached hydrogens (primary N) is 1. The number of amides is 1. The smallest absolute Gasteiger partial charge is 0.305 e. The Bertz CT molecular complexity index is 314. The van der Waals surface area contributed by atoms with Crippen molar-refractivity contribution in [3.05, 3.63) is 0 Å². The van der Waals surface area contributed by atoms with Crippen molar-refractivity contribution in [3.8, 4) is 0 Å². The van der Waals surface area contributed by atoms with Gasteiger partial charge in [-0.2, -0.15) is 0 Å². The first-order valence-electron chi connectivity index (χ1n) is 6.53. The first-order valence-corrected chi connectivity index (χ1v) is 6.53. The van der Waals surface area contributed by atoms with E-state index >= 15 is 0 Å². The first kappa shape index (κ1) is 15.9. The van der Waals surface area contributed by atoms with Gasteiger partial charge in [-0.25, -0.2) is 0 Å². The number of carboxylic acid groups (broad SMARTS) is 1. The monoisotopic (exact) mass is 272 g/mol. The first-order chi connectivity index (χ1) is 8.90. The molecular weight excluding hydrogens is 248 g/mol. The fraction of sp³-hybridized carbons (Fsp3) is 0.833. The van der Waals surface area contributed by atoms with Crippen LogP contribution in [0.3, 0.4) is 0 Å². The van der Waals surface area contributed by atoms with Crippen LogP contribution in [0.1, 0.15) is 6.42 Å². The molecule has 0 spiro atoms. The zero-order valence-corrected chi connectivity index (χ0v) is 11.7. The summed E-state index contributed by atoms with van der Waals surface area (Å²) in [5.41, 5.74) is 5.59. The Balaban J connectivity index is 2.32. The summed E-state index contributed by atoms with van der Waals surface area (Å²) in [5, 5.41) is 8.63. The largest absolute Gasteiger partial charge is 0.481 e. The lowest BCUT2D eigenvalue weighted by molar-refractivity contribution is -0.142. The Kier molecular flexibility index (Phi) is 6.20. The summed E-state index contributed by atoms with van der Waals surface area (Å²) >= 11 is 0. The Labute approximate surface area is 113 Å². The lowest BCUT2D eigenvalue weighted by Crippen LogP contribution is -2.54. The van der Waals surface area contributed by atoms with Crippen molar-refractivity contribution in [1.29, 1.82) is 0 Å². The van der Waals surface area contributed by atoms with Gasteiger partial charge in [0.2, 0.25) is 5.91 Å². The van der Waals surface area contributed by atoms with Gasteiger partial charge in [0.25, 0.3) is 0 Å². The van der Waals surface area contributed by atoms with Crippen LogP contribution < -0.4 is 5.73 Å². The third-order valence-corrected chi connectivity index (χ3v) is 3.26. The summed E-state index contributed by atoms with van der Waals surface area (Å²) in [4.78, 5) is 28.5. The second-order valence-corrected chi connectivity index (χ2v) is 5.17. The predicted octanol–water partition coefficient (Wildman–Crippen LogP) is -1.51. The number of rotatable bonds is 6. The highest BCUT2D eigenvalue weighted by Gasteiger charge is 2.26. The summed E-state index contributed by atoms with van der Waals surface area (Å²) < 4.78 is 0. The molecule has 0 saturated carbocycles. The van der Waals surface area contributed by atoms with E-state index in [9.17, 15) is 9.59 Å². The summed E-state index contributed by atoms with van der Waals surface area (Å²) in [5.74, 6) is -1.29. The molecule has 1 aliphatic rings. The van der Waals surface area contributed by atoms with Gasteiger partial charge < -0.3 is 20.6 Å². The van der Waals surface area contributed by atoms with Crippen LogP contribution in [0.5, 0.6) is 0 Å². The van der Waals surface area contributed by atoms with E-state index < -0.39 is 12.0 Å². The quantitative estimate of drug-likeness (QED) is 0.611. The third kappa shape index (κ3) is 5.54. The molecule has 0 aromatic rings. The van der Waals surface area contributed by atoms with Gasteiger partial charge in [-0.15, -0.1) is 0 Å². The van der Waals surface area contributed by atoms with E-state index in [-0.39, 0.29) is 12.3 Å².